The van der Waals surface area contributed by atoms with Gasteiger partial charge in [-0.1, -0.05) is 26.8 Å². The molecule has 0 aromatic heterocycles. The molecule has 0 heterocycles. The topological polar surface area (TPSA) is 24.5 Å². The molecule has 0 bridgehead atoms. The fourth-order valence-corrected chi connectivity index (χ4v) is 1.89. The van der Waals surface area contributed by atoms with Gasteiger partial charge in [0, 0.05) is 24.8 Å². The van der Waals surface area contributed by atoms with Crippen LogP contribution in [0.3, 0.4) is 0 Å². The molecule has 0 saturated heterocycles. The fraction of sp³-hybridized carbons (Fsp3) is 0.625. The SMILES string of the molecule is CCC(C)Oc1cccc(NCCN(CC)CC)c1. The zero-order valence-corrected chi connectivity index (χ0v) is 12.8. The van der Waals surface area contributed by atoms with Gasteiger partial charge in [0.15, 0.2) is 0 Å². The Kier molecular flexibility index (Phi) is 7.34. The Morgan fingerprint density at radius 2 is 1.95 bits per heavy atom. The Morgan fingerprint density at radius 1 is 1.21 bits per heavy atom. The van der Waals surface area contributed by atoms with E-state index in [9.17, 15) is 0 Å². The Hall–Kier alpha value is -1.22. The molecule has 0 amide bonds. The third-order valence-electron chi connectivity index (χ3n) is 3.40. The number of anilines is 1. The molecule has 1 aromatic rings. The first-order chi connectivity index (χ1) is 9.19. The second-order valence-electron chi connectivity index (χ2n) is 4.82. The number of nitrogens with one attached hydrogen (secondary N) is 1. The van der Waals surface area contributed by atoms with Gasteiger partial charge in [-0.25, -0.2) is 0 Å². The summed E-state index contributed by atoms with van der Waals surface area (Å²) >= 11 is 0. The zero-order valence-electron chi connectivity index (χ0n) is 12.8. The molecule has 0 aliphatic heterocycles. The lowest BCUT2D eigenvalue weighted by atomic mass is 10.2. The van der Waals surface area contributed by atoms with Crippen molar-refractivity contribution in [1.29, 1.82) is 0 Å². The summed E-state index contributed by atoms with van der Waals surface area (Å²) in [4.78, 5) is 2.41. The van der Waals surface area contributed by atoms with E-state index in [1.54, 1.807) is 0 Å². The van der Waals surface area contributed by atoms with Gasteiger partial charge >= 0.3 is 0 Å². The van der Waals surface area contributed by atoms with Crippen LogP contribution in [0.1, 0.15) is 34.1 Å². The van der Waals surface area contributed by atoms with Gasteiger partial charge < -0.3 is 15.0 Å². The molecule has 1 N–H and O–H groups in total. The van der Waals surface area contributed by atoms with Crippen molar-refractivity contribution in [3.05, 3.63) is 24.3 Å². The van der Waals surface area contributed by atoms with Gasteiger partial charge in [-0.05, 0) is 38.6 Å². The first kappa shape index (κ1) is 15.8. The van der Waals surface area contributed by atoms with E-state index in [2.05, 4.69) is 50.0 Å². The monoisotopic (exact) mass is 264 g/mol. The van der Waals surface area contributed by atoms with Crippen molar-refractivity contribution >= 4 is 5.69 Å². The molecule has 0 spiro atoms. The molecule has 0 radical (unpaired) electrons. The number of likely N-dealkylation sites (N-methyl/N-ethyl adjacent to an activating group) is 1. The van der Waals surface area contributed by atoms with Crippen molar-refractivity contribution in [3.63, 3.8) is 0 Å². The largest absolute Gasteiger partial charge is 0.491 e. The average Bonchev–Trinajstić information content (AvgIpc) is 2.44. The quantitative estimate of drug-likeness (QED) is 0.737. The lowest BCUT2D eigenvalue weighted by Crippen LogP contribution is -2.28. The van der Waals surface area contributed by atoms with E-state index in [-0.39, 0.29) is 6.10 Å². The molecule has 1 aromatic carbocycles. The van der Waals surface area contributed by atoms with E-state index < -0.39 is 0 Å². The second kappa shape index (κ2) is 8.81. The van der Waals surface area contributed by atoms with Gasteiger partial charge in [-0.2, -0.15) is 0 Å². The molecule has 0 fully saturated rings. The van der Waals surface area contributed by atoms with Gasteiger partial charge in [0.25, 0.3) is 0 Å². The predicted octanol–water partition coefficient (Wildman–Crippen LogP) is 3.62. The van der Waals surface area contributed by atoms with Crippen LogP contribution in [-0.2, 0) is 0 Å². The van der Waals surface area contributed by atoms with E-state index in [1.807, 2.05) is 12.1 Å². The number of hydrogen-bond acceptors (Lipinski definition) is 3. The molecule has 1 unspecified atom stereocenters. The Labute approximate surface area is 118 Å². The lowest BCUT2D eigenvalue weighted by Gasteiger charge is -2.19. The summed E-state index contributed by atoms with van der Waals surface area (Å²) in [5.74, 6) is 0.946. The maximum atomic E-state index is 5.82. The van der Waals surface area contributed by atoms with Crippen LogP contribution in [-0.4, -0.2) is 37.2 Å². The standard InChI is InChI=1S/C16H28N2O/c1-5-14(4)19-16-10-8-9-15(13-16)17-11-12-18(6-2)7-3/h8-10,13-14,17H,5-7,11-12H2,1-4H3. The Morgan fingerprint density at radius 3 is 2.58 bits per heavy atom. The summed E-state index contributed by atoms with van der Waals surface area (Å²) in [5, 5.41) is 3.45. The molecular formula is C16H28N2O. The summed E-state index contributed by atoms with van der Waals surface area (Å²) in [7, 11) is 0. The van der Waals surface area contributed by atoms with Crippen LogP contribution in [0.2, 0.25) is 0 Å². The van der Waals surface area contributed by atoms with E-state index in [0.29, 0.717) is 0 Å². The normalized spacial score (nSPS) is 12.5. The van der Waals surface area contributed by atoms with Crippen molar-refractivity contribution in [3.8, 4) is 5.75 Å². The maximum absolute atomic E-state index is 5.82. The highest BCUT2D eigenvalue weighted by Crippen LogP contribution is 2.19. The van der Waals surface area contributed by atoms with Gasteiger partial charge in [0.2, 0.25) is 0 Å². The third-order valence-corrected chi connectivity index (χ3v) is 3.40. The fourth-order valence-electron chi connectivity index (χ4n) is 1.89. The van der Waals surface area contributed by atoms with Crippen LogP contribution < -0.4 is 10.1 Å². The molecular weight excluding hydrogens is 236 g/mol. The van der Waals surface area contributed by atoms with Gasteiger partial charge in [-0.3, -0.25) is 0 Å². The first-order valence-corrected chi connectivity index (χ1v) is 7.42. The summed E-state index contributed by atoms with van der Waals surface area (Å²) < 4.78 is 5.82. The summed E-state index contributed by atoms with van der Waals surface area (Å²) in [6, 6.07) is 8.22. The molecule has 0 aliphatic rings. The number of ether oxygens (including phenoxy) is 1. The van der Waals surface area contributed by atoms with E-state index in [1.165, 1.54) is 0 Å². The van der Waals surface area contributed by atoms with E-state index >= 15 is 0 Å². The van der Waals surface area contributed by atoms with Crippen molar-refractivity contribution in [2.24, 2.45) is 0 Å². The van der Waals surface area contributed by atoms with E-state index in [4.69, 9.17) is 4.74 Å². The van der Waals surface area contributed by atoms with Gasteiger partial charge in [-0.15, -0.1) is 0 Å². The average molecular weight is 264 g/mol. The van der Waals surface area contributed by atoms with Crippen molar-refractivity contribution in [2.75, 3.05) is 31.5 Å². The minimum Gasteiger partial charge on any atom is -0.491 e. The smallest absolute Gasteiger partial charge is 0.121 e. The van der Waals surface area contributed by atoms with Crippen LogP contribution in [0.25, 0.3) is 0 Å². The summed E-state index contributed by atoms with van der Waals surface area (Å²) in [6.45, 7) is 12.9. The van der Waals surface area contributed by atoms with Crippen LogP contribution in [0.4, 0.5) is 5.69 Å². The van der Waals surface area contributed by atoms with Crippen molar-refractivity contribution in [1.82, 2.24) is 4.90 Å². The zero-order chi connectivity index (χ0) is 14.1. The number of hydrogen-bond donors (Lipinski definition) is 1. The molecule has 1 atom stereocenters. The number of nitrogens with zero attached hydrogens (tertiary/aromatic N) is 1. The minimum absolute atomic E-state index is 0.269. The summed E-state index contributed by atoms with van der Waals surface area (Å²) in [6.07, 6.45) is 1.30. The number of rotatable bonds is 9. The Balaban J connectivity index is 2.43. The molecule has 0 aliphatic carbocycles. The highest BCUT2D eigenvalue weighted by molar-refractivity contribution is 5.48. The lowest BCUT2D eigenvalue weighted by molar-refractivity contribution is 0.217. The molecule has 3 heteroatoms. The van der Waals surface area contributed by atoms with E-state index in [0.717, 1.165) is 44.0 Å². The Bertz CT molecular complexity index is 350. The molecule has 3 nitrogen and oxygen atoms in total. The predicted molar refractivity (Wildman–Crippen MR) is 83.1 cm³/mol. The second-order valence-corrected chi connectivity index (χ2v) is 4.82. The van der Waals surface area contributed by atoms with Crippen molar-refractivity contribution in [2.45, 2.75) is 40.2 Å². The van der Waals surface area contributed by atoms with Crippen LogP contribution in [0, 0.1) is 0 Å². The molecule has 1 rings (SSSR count). The van der Waals surface area contributed by atoms with Gasteiger partial charge in [0.05, 0.1) is 6.10 Å². The third kappa shape index (κ3) is 5.97. The van der Waals surface area contributed by atoms with Crippen molar-refractivity contribution < 1.29 is 4.74 Å². The minimum atomic E-state index is 0.269. The van der Waals surface area contributed by atoms with Gasteiger partial charge in [0.1, 0.15) is 5.75 Å². The van der Waals surface area contributed by atoms with Crippen LogP contribution in [0.15, 0.2) is 24.3 Å². The van der Waals surface area contributed by atoms with Crippen LogP contribution in [0.5, 0.6) is 5.75 Å². The number of benzene rings is 1. The van der Waals surface area contributed by atoms with Crippen LogP contribution >= 0.6 is 0 Å². The maximum Gasteiger partial charge on any atom is 0.121 e. The summed E-state index contributed by atoms with van der Waals surface area (Å²) in [5.41, 5.74) is 1.13. The molecule has 0 saturated carbocycles. The highest BCUT2D eigenvalue weighted by atomic mass is 16.5. The first-order valence-electron chi connectivity index (χ1n) is 7.42. The molecule has 108 valence electrons. The highest BCUT2D eigenvalue weighted by Gasteiger charge is 2.02. The molecule has 19 heavy (non-hydrogen) atoms.